The van der Waals surface area contributed by atoms with E-state index in [-0.39, 0.29) is 12.1 Å². The van der Waals surface area contributed by atoms with Crippen molar-refractivity contribution in [2.45, 2.75) is 38.8 Å². The first-order chi connectivity index (χ1) is 12.1. The van der Waals surface area contributed by atoms with Gasteiger partial charge in [0, 0.05) is 17.2 Å². The summed E-state index contributed by atoms with van der Waals surface area (Å²) < 4.78 is 11.1. The third-order valence-electron chi connectivity index (χ3n) is 4.46. The van der Waals surface area contributed by atoms with Crippen molar-refractivity contribution >= 4 is 0 Å². The van der Waals surface area contributed by atoms with Crippen molar-refractivity contribution in [2.24, 2.45) is 5.73 Å². The Kier molecular flexibility index (Phi) is 4.01. The van der Waals surface area contributed by atoms with Gasteiger partial charge in [-0.2, -0.15) is 4.98 Å². The number of nitrogens with two attached hydrogens (primary N) is 1. The van der Waals surface area contributed by atoms with Crippen LogP contribution >= 0.6 is 0 Å². The molecule has 1 heterocycles. The van der Waals surface area contributed by atoms with Gasteiger partial charge in [-0.1, -0.05) is 23.4 Å². The summed E-state index contributed by atoms with van der Waals surface area (Å²) in [7, 11) is 0. The Morgan fingerprint density at radius 3 is 2.72 bits per heavy atom. The quantitative estimate of drug-likeness (QED) is 0.776. The Morgan fingerprint density at radius 2 is 1.96 bits per heavy atom. The molecule has 3 aromatic rings. The van der Waals surface area contributed by atoms with Gasteiger partial charge in [-0.05, 0) is 62.1 Å². The van der Waals surface area contributed by atoms with Crippen molar-refractivity contribution in [3.63, 3.8) is 0 Å². The molecular weight excluding hydrogens is 314 g/mol. The van der Waals surface area contributed by atoms with Crippen molar-refractivity contribution in [3.8, 4) is 28.6 Å². The summed E-state index contributed by atoms with van der Waals surface area (Å²) in [6.07, 6.45) is 2.07. The van der Waals surface area contributed by atoms with E-state index in [4.69, 9.17) is 15.0 Å². The summed E-state index contributed by atoms with van der Waals surface area (Å²) in [5.41, 5.74) is 10.5. The average molecular weight is 335 g/mol. The minimum absolute atomic E-state index is 0.106. The van der Waals surface area contributed by atoms with Crippen LogP contribution in [-0.4, -0.2) is 16.2 Å². The van der Waals surface area contributed by atoms with Crippen molar-refractivity contribution < 1.29 is 9.26 Å². The maximum Gasteiger partial charge on any atom is 0.258 e. The predicted molar refractivity (Wildman–Crippen MR) is 96.2 cm³/mol. The summed E-state index contributed by atoms with van der Waals surface area (Å²) in [6.45, 7) is 4.00. The molecule has 0 aliphatic heterocycles. The molecule has 4 rings (SSSR count). The van der Waals surface area contributed by atoms with E-state index in [1.54, 1.807) is 0 Å². The Labute approximate surface area is 146 Å². The molecule has 0 bridgehead atoms. The lowest BCUT2D eigenvalue weighted by molar-refractivity contribution is 0.242. The van der Waals surface area contributed by atoms with E-state index in [9.17, 15) is 0 Å². The molecule has 5 nitrogen and oxygen atoms in total. The molecule has 2 aromatic carbocycles. The number of hydrogen-bond donors (Lipinski definition) is 1. The number of benzene rings is 2. The molecule has 1 aliphatic carbocycles. The summed E-state index contributed by atoms with van der Waals surface area (Å²) >= 11 is 0. The molecule has 128 valence electrons. The van der Waals surface area contributed by atoms with Crippen LogP contribution in [0.4, 0.5) is 0 Å². The van der Waals surface area contributed by atoms with E-state index in [0.29, 0.717) is 11.7 Å². The highest BCUT2D eigenvalue weighted by molar-refractivity contribution is 5.66. The zero-order valence-electron chi connectivity index (χ0n) is 14.4. The number of rotatable bonds is 4. The maximum absolute atomic E-state index is 6.16. The third kappa shape index (κ3) is 3.03. The van der Waals surface area contributed by atoms with Crippen molar-refractivity contribution in [1.29, 1.82) is 0 Å². The van der Waals surface area contributed by atoms with E-state index < -0.39 is 0 Å². The minimum atomic E-state index is 0.106. The van der Waals surface area contributed by atoms with Gasteiger partial charge in [0.05, 0.1) is 6.10 Å². The second kappa shape index (κ2) is 6.33. The van der Waals surface area contributed by atoms with E-state index in [2.05, 4.69) is 16.2 Å². The van der Waals surface area contributed by atoms with Crippen molar-refractivity contribution in [3.05, 3.63) is 53.6 Å². The first-order valence-electron chi connectivity index (χ1n) is 8.60. The Hall–Kier alpha value is -2.66. The molecule has 2 N–H and O–H groups in total. The van der Waals surface area contributed by atoms with Gasteiger partial charge < -0.3 is 15.0 Å². The van der Waals surface area contributed by atoms with Crippen molar-refractivity contribution in [2.75, 3.05) is 0 Å². The molecular formula is C20H21N3O2. The Balaban J connectivity index is 1.63. The summed E-state index contributed by atoms with van der Waals surface area (Å²) in [4.78, 5) is 4.58. The topological polar surface area (TPSA) is 74.2 Å². The van der Waals surface area contributed by atoms with Crippen LogP contribution in [0, 0.1) is 0 Å². The normalized spacial score (nSPS) is 16.2. The first-order valence-corrected chi connectivity index (χ1v) is 8.60. The van der Waals surface area contributed by atoms with E-state index >= 15 is 0 Å². The number of ether oxygens (including phenoxy) is 1. The second-order valence-corrected chi connectivity index (χ2v) is 6.63. The van der Waals surface area contributed by atoms with Crippen LogP contribution in [0.2, 0.25) is 0 Å². The molecule has 5 heteroatoms. The van der Waals surface area contributed by atoms with Gasteiger partial charge >= 0.3 is 0 Å². The van der Waals surface area contributed by atoms with Crippen LogP contribution in [-0.2, 0) is 6.42 Å². The van der Waals surface area contributed by atoms with Crippen molar-refractivity contribution in [1.82, 2.24) is 10.1 Å². The highest BCUT2D eigenvalue weighted by Gasteiger charge is 2.24. The predicted octanol–water partition coefficient (Wildman–Crippen LogP) is 4.14. The van der Waals surface area contributed by atoms with Crippen LogP contribution < -0.4 is 10.5 Å². The molecule has 25 heavy (non-hydrogen) atoms. The highest BCUT2D eigenvalue weighted by atomic mass is 16.5. The Morgan fingerprint density at radius 1 is 1.16 bits per heavy atom. The third-order valence-corrected chi connectivity index (χ3v) is 4.46. The van der Waals surface area contributed by atoms with E-state index in [0.717, 1.165) is 29.7 Å². The lowest BCUT2D eigenvalue weighted by atomic mass is 10.0. The molecule has 0 fully saturated rings. The molecule has 0 radical (unpaired) electrons. The van der Waals surface area contributed by atoms with Gasteiger partial charge in [-0.3, -0.25) is 0 Å². The standard InChI is InChI=1S/C20H21N3O2/c1-12(2)24-14-8-6-13(7-9-14)20-22-19(23-25-20)17-5-3-4-16-15(17)10-11-18(16)21/h3-9,12,18H,10-11,21H2,1-2H3. The monoisotopic (exact) mass is 335 g/mol. The van der Waals surface area contributed by atoms with Crippen LogP contribution in [0.25, 0.3) is 22.8 Å². The SMILES string of the molecule is CC(C)Oc1ccc(-c2nc(-c3cccc4c3CCC4N)no2)cc1. The van der Waals surface area contributed by atoms with Gasteiger partial charge in [-0.15, -0.1) is 0 Å². The zero-order chi connectivity index (χ0) is 17.4. The van der Waals surface area contributed by atoms with Gasteiger partial charge in [0.2, 0.25) is 5.82 Å². The summed E-state index contributed by atoms with van der Waals surface area (Å²) in [5, 5.41) is 4.18. The molecule has 1 unspecified atom stereocenters. The lowest BCUT2D eigenvalue weighted by Crippen LogP contribution is -2.05. The second-order valence-electron chi connectivity index (χ2n) is 6.63. The van der Waals surface area contributed by atoms with Crippen LogP contribution in [0.15, 0.2) is 47.0 Å². The first kappa shape index (κ1) is 15.8. The molecule has 0 amide bonds. The largest absolute Gasteiger partial charge is 0.491 e. The fraction of sp³-hybridized carbons (Fsp3) is 0.300. The molecule has 0 spiro atoms. The molecule has 1 aliphatic rings. The molecule has 0 saturated carbocycles. The van der Waals surface area contributed by atoms with Gasteiger partial charge in [-0.25, -0.2) is 0 Å². The smallest absolute Gasteiger partial charge is 0.258 e. The average Bonchev–Trinajstić information content (AvgIpc) is 3.23. The highest BCUT2D eigenvalue weighted by Crippen LogP contribution is 2.36. The lowest BCUT2D eigenvalue weighted by Gasteiger charge is -2.09. The van der Waals surface area contributed by atoms with Gasteiger partial charge in [0.15, 0.2) is 0 Å². The van der Waals surface area contributed by atoms with E-state index in [1.165, 1.54) is 11.1 Å². The number of aromatic nitrogens is 2. The fourth-order valence-electron chi connectivity index (χ4n) is 3.29. The van der Waals surface area contributed by atoms with Crippen LogP contribution in [0.1, 0.15) is 37.4 Å². The van der Waals surface area contributed by atoms with Crippen LogP contribution in [0.5, 0.6) is 5.75 Å². The Bertz CT molecular complexity index is 884. The molecule has 0 saturated heterocycles. The van der Waals surface area contributed by atoms with Crippen LogP contribution in [0.3, 0.4) is 0 Å². The zero-order valence-corrected chi connectivity index (χ0v) is 14.4. The maximum atomic E-state index is 6.16. The summed E-state index contributed by atoms with van der Waals surface area (Å²) in [6, 6.07) is 13.9. The number of fused-ring (bicyclic) bond motifs is 1. The van der Waals surface area contributed by atoms with Gasteiger partial charge in [0.1, 0.15) is 5.75 Å². The molecule has 1 atom stereocenters. The molecule has 1 aromatic heterocycles. The van der Waals surface area contributed by atoms with Gasteiger partial charge in [0.25, 0.3) is 5.89 Å². The number of nitrogens with zero attached hydrogens (tertiary/aromatic N) is 2. The minimum Gasteiger partial charge on any atom is -0.491 e. The number of hydrogen-bond acceptors (Lipinski definition) is 5. The fourth-order valence-corrected chi connectivity index (χ4v) is 3.29. The van der Waals surface area contributed by atoms with E-state index in [1.807, 2.05) is 50.2 Å². The summed E-state index contributed by atoms with van der Waals surface area (Å²) in [5.74, 6) is 1.95.